The van der Waals surface area contributed by atoms with Crippen molar-refractivity contribution in [1.29, 1.82) is 0 Å². The average Bonchev–Trinajstić information content (AvgIpc) is 3.25. The van der Waals surface area contributed by atoms with E-state index in [1.54, 1.807) is 0 Å². The Morgan fingerprint density at radius 2 is 2.21 bits per heavy atom. The molecule has 3 heterocycles. The number of rotatable bonds is 7. The van der Waals surface area contributed by atoms with E-state index in [4.69, 9.17) is 0 Å². The number of hydrogen-bond acceptors (Lipinski definition) is 6. The lowest BCUT2D eigenvalue weighted by Gasteiger charge is -2.31. The highest BCUT2D eigenvalue weighted by atomic mass is 32.1. The number of nitrogens with zero attached hydrogens (tertiary/aromatic N) is 5. The van der Waals surface area contributed by atoms with Crippen molar-refractivity contribution >= 4 is 22.4 Å². The maximum atomic E-state index is 12.2. The second-order valence-electron chi connectivity index (χ2n) is 6.17. The molecule has 0 aromatic carbocycles. The van der Waals surface area contributed by atoms with Crippen molar-refractivity contribution in [3.63, 3.8) is 0 Å². The van der Waals surface area contributed by atoms with E-state index in [0.29, 0.717) is 17.7 Å². The van der Waals surface area contributed by atoms with Gasteiger partial charge in [0.05, 0.1) is 12.9 Å². The summed E-state index contributed by atoms with van der Waals surface area (Å²) in [6.07, 6.45) is 11.0. The molecule has 1 fully saturated rings. The second-order valence-corrected chi connectivity index (χ2v) is 7.23. The number of aromatic nitrogens is 4. The lowest BCUT2D eigenvalue weighted by atomic mass is 10.1. The number of imidazole rings is 1. The van der Waals surface area contributed by atoms with Gasteiger partial charge in [-0.25, -0.2) is 4.98 Å². The minimum atomic E-state index is -0.00530. The van der Waals surface area contributed by atoms with E-state index in [0.717, 1.165) is 50.2 Å². The fourth-order valence-electron chi connectivity index (χ4n) is 2.96. The quantitative estimate of drug-likeness (QED) is 0.831. The Morgan fingerprint density at radius 3 is 2.92 bits per heavy atom. The Bertz CT molecular complexity index is 633. The maximum absolute atomic E-state index is 12.2. The van der Waals surface area contributed by atoms with Gasteiger partial charge in [-0.2, -0.15) is 0 Å². The van der Waals surface area contributed by atoms with Gasteiger partial charge >= 0.3 is 0 Å². The Hall–Kier alpha value is -1.80. The van der Waals surface area contributed by atoms with E-state index >= 15 is 0 Å². The van der Waals surface area contributed by atoms with Crippen molar-refractivity contribution < 1.29 is 4.79 Å². The highest BCUT2D eigenvalue weighted by Gasteiger charge is 2.22. The molecular weight excluding hydrogens is 324 g/mol. The molecule has 0 unspecified atom stereocenters. The molecule has 2 aromatic heterocycles. The molecule has 1 amide bonds. The number of amides is 1. The fourth-order valence-corrected chi connectivity index (χ4v) is 3.75. The molecule has 0 bridgehead atoms. The van der Waals surface area contributed by atoms with Gasteiger partial charge in [0.15, 0.2) is 0 Å². The summed E-state index contributed by atoms with van der Waals surface area (Å²) in [7, 11) is 0. The van der Waals surface area contributed by atoms with E-state index < -0.39 is 0 Å². The van der Waals surface area contributed by atoms with Crippen LogP contribution in [0.3, 0.4) is 0 Å². The molecule has 0 saturated carbocycles. The van der Waals surface area contributed by atoms with Crippen LogP contribution < -0.4 is 5.32 Å². The van der Waals surface area contributed by atoms with Gasteiger partial charge in [-0.1, -0.05) is 24.7 Å². The summed E-state index contributed by atoms with van der Waals surface area (Å²) in [5.41, 5.74) is 0. The average molecular weight is 348 g/mol. The number of anilines is 1. The summed E-state index contributed by atoms with van der Waals surface area (Å²) >= 11 is 1.48. The van der Waals surface area contributed by atoms with Crippen molar-refractivity contribution in [3.8, 4) is 0 Å². The number of nitrogens with one attached hydrogen (secondary N) is 1. The number of hydrogen-bond donors (Lipinski definition) is 1. The van der Waals surface area contributed by atoms with Crippen LogP contribution in [0.4, 0.5) is 5.13 Å². The third-order valence-corrected chi connectivity index (χ3v) is 5.23. The first-order chi connectivity index (χ1) is 11.7. The number of unbranched alkanes of at least 4 members (excludes halogenated alkanes) is 1. The summed E-state index contributed by atoms with van der Waals surface area (Å²) < 4.78 is 2.16. The van der Waals surface area contributed by atoms with Crippen molar-refractivity contribution in [1.82, 2.24) is 24.6 Å². The monoisotopic (exact) mass is 348 g/mol. The predicted octanol–water partition coefficient (Wildman–Crippen LogP) is 2.35. The fraction of sp³-hybridized carbons (Fsp3) is 0.625. The zero-order chi connectivity index (χ0) is 16.8. The molecule has 0 atom stereocenters. The Morgan fingerprint density at radius 1 is 1.38 bits per heavy atom. The topological polar surface area (TPSA) is 75.9 Å². The number of likely N-dealkylation sites (tertiary alicyclic amines) is 1. The van der Waals surface area contributed by atoms with Crippen LogP contribution in [0.5, 0.6) is 0 Å². The molecule has 1 aliphatic rings. The van der Waals surface area contributed by atoms with Gasteiger partial charge in [-0.15, -0.1) is 10.2 Å². The van der Waals surface area contributed by atoms with Gasteiger partial charge < -0.3 is 4.57 Å². The second kappa shape index (κ2) is 8.34. The van der Waals surface area contributed by atoms with Gasteiger partial charge in [0.2, 0.25) is 11.0 Å². The van der Waals surface area contributed by atoms with Crippen LogP contribution >= 0.6 is 11.3 Å². The molecule has 0 radical (unpaired) electrons. The molecule has 0 aliphatic carbocycles. The maximum Gasteiger partial charge on any atom is 0.240 e. The molecule has 1 saturated heterocycles. The van der Waals surface area contributed by atoms with Crippen LogP contribution in [0.1, 0.15) is 43.7 Å². The molecular formula is C16H24N6OS. The predicted molar refractivity (Wildman–Crippen MR) is 94.1 cm³/mol. The van der Waals surface area contributed by atoms with E-state index in [2.05, 4.69) is 36.9 Å². The van der Waals surface area contributed by atoms with Gasteiger partial charge in [0.25, 0.3) is 0 Å². The molecule has 1 N–H and O–H groups in total. The first-order valence-corrected chi connectivity index (χ1v) is 9.38. The van der Waals surface area contributed by atoms with Crippen LogP contribution in [0.15, 0.2) is 18.7 Å². The molecule has 130 valence electrons. The first kappa shape index (κ1) is 17.0. The Kier molecular flexibility index (Phi) is 5.92. The molecule has 2 aromatic rings. The van der Waals surface area contributed by atoms with E-state index in [9.17, 15) is 4.79 Å². The largest absolute Gasteiger partial charge is 0.334 e. The molecule has 1 aliphatic heterocycles. The highest BCUT2D eigenvalue weighted by Crippen LogP contribution is 2.22. The van der Waals surface area contributed by atoms with E-state index in [1.165, 1.54) is 11.3 Å². The Balaban J connectivity index is 1.42. The lowest BCUT2D eigenvalue weighted by Crippen LogP contribution is -2.39. The van der Waals surface area contributed by atoms with Gasteiger partial charge in [-0.05, 0) is 19.3 Å². The van der Waals surface area contributed by atoms with Crippen LogP contribution in [0.25, 0.3) is 0 Å². The molecule has 8 heteroatoms. The minimum absolute atomic E-state index is 0.00530. The van der Waals surface area contributed by atoms with Crippen LogP contribution in [-0.4, -0.2) is 50.2 Å². The van der Waals surface area contributed by atoms with Crippen LogP contribution in [-0.2, 0) is 11.2 Å². The lowest BCUT2D eigenvalue weighted by molar-refractivity contribution is -0.117. The summed E-state index contributed by atoms with van der Waals surface area (Å²) in [5, 5.41) is 12.7. The zero-order valence-corrected chi connectivity index (χ0v) is 14.8. The van der Waals surface area contributed by atoms with Crippen LogP contribution in [0.2, 0.25) is 0 Å². The molecule has 24 heavy (non-hydrogen) atoms. The van der Waals surface area contributed by atoms with Gasteiger partial charge in [-0.3, -0.25) is 15.0 Å². The summed E-state index contributed by atoms with van der Waals surface area (Å²) in [5.74, 6) is -0.00530. The zero-order valence-electron chi connectivity index (χ0n) is 14.0. The smallest absolute Gasteiger partial charge is 0.240 e. The number of carbonyl (C=O) groups excluding carboxylic acids is 1. The van der Waals surface area contributed by atoms with Crippen molar-refractivity contribution in [2.24, 2.45) is 0 Å². The standard InChI is InChI=1S/C16H24N6OS/c1-2-3-4-15-19-20-16(24-15)18-14(23)11-21-8-5-13(6-9-21)22-10-7-17-12-22/h7,10,12-13H,2-6,8-9,11H2,1H3,(H,18,20,23). The molecule has 3 rings (SSSR count). The van der Waals surface area contributed by atoms with Crippen molar-refractivity contribution in [3.05, 3.63) is 23.7 Å². The number of aryl methyl sites for hydroxylation is 1. The first-order valence-electron chi connectivity index (χ1n) is 8.56. The SMILES string of the molecule is CCCCc1nnc(NC(=O)CN2CCC(n3ccnc3)CC2)s1. The van der Waals surface area contributed by atoms with Crippen LogP contribution in [0, 0.1) is 0 Å². The van der Waals surface area contributed by atoms with Crippen molar-refractivity contribution in [2.75, 3.05) is 25.0 Å². The number of carbonyl (C=O) groups is 1. The normalized spacial score (nSPS) is 16.4. The third-order valence-electron chi connectivity index (χ3n) is 4.33. The summed E-state index contributed by atoms with van der Waals surface area (Å²) in [6.45, 7) is 4.42. The van der Waals surface area contributed by atoms with Crippen molar-refractivity contribution in [2.45, 2.75) is 45.1 Å². The van der Waals surface area contributed by atoms with Gasteiger partial charge in [0, 0.05) is 37.9 Å². The third kappa shape index (κ3) is 4.61. The van der Waals surface area contributed by atoms with E-state index in [-0.39, 0.29) is 5.91 Å². The summed E-state index contributed by atoms with van der Waals surface area (Å²) in [4.78, 5) is 18.5. The minimum Gasteiger partial charge on any atom is -0.334 e. The molecule has 0 spiro atoms. The Labute approximate surface area is 146 Å². The van der Waals surface area contributed by atoms with E-state index in [1.807, 2.05) is 18.7 Å². The van der Waals surface area contributed by atoms with Gasteiger partial charge in [0.1, 0.15) is 5.01 Å². The molecule has 7 nitrogen and oxygen atoms in total. The number of piperidine rings is 1. The summed E-state index contributed by atoms with van der Waals surface area (Å²) in [6, 6.07) is 0.496. The highest BCUT2D eigenvalue weighted by molar-refractivity contribution is 7.15.